The summed E-state index contributed by atoms with van der Waals surface area (Å²) < 4.78 is 45.1. The lowest BCUT2D eigenvalue weighted by Gasteiger charge is -2.18. The number of anilines is 2. The van der Waals surface area contributed by atoms with Crippen LogP contribution in [0.25, 0.3) is 6.08 Å². The number of nitrogen functional groups attached to an aromatic ring is 2. The Morgan fingerprint density at radius 3 is 2.09 bits per heavy atom. The summed E-state index contributed by atoms with van der Waals surface area (Å²) in [6.45, 7) is 0.780. The summed E-state index contributed by atoms with van der Waals surface area (Å²) in [4.78, 5) is 12.1. The summed E-state index contributed by atoms with van der Waals surface area (Å²) in [6, 6.07) is 19.3. The monoisotopic (exact) mass is 633 g/mol. The van der Waals surface area contributed by atoms with Crippen molar-refractivity contribution in [3.63, 3.8) is 0 Å². The zero-order valence-electron chi connectivity index (χ0n) is 26.4. The fourth-order valence-corrected chi connectivity index (χ4v) is 4.80. The number of carbonyl (C=O) groups is 1. The molecule has 0 heterocycles. The van der Waals surface area contributed by atoms with Gasteiger partial charge in [-0.3, -0.25) is 0 Å². The second kappa shape index (κ2) is 19.7. The minimum atomic E-state index is -3.54. The summed E-state index contributed by atoms with van der Waals surface area (Å²) in [5.41, 5.74) is 14.7. The first-order valence-corrected chi connectivity index (χ1v) is 16.0. The Bertz CT molecular complexity index is 1400. The Kier molecular flexibility index (Phi) is 15.4. The molecule has 0 aliphatic heterocycles. The van der Waals surface area contributed by atoms with E-state index in [2.05, 4.69) is 6.07 Å². The molecule has 3 aromatic rings. The summed E-state index contributed by atoms with van der Waals surface area (Å²) in [6.07, 6.45) is 11.0. The predicted octanol–water partition coefficient (Wildman–Crippen LogP) is 8.97. The number of benzene rings is 3. The van der Waals surface area contributed by atoms with Crippen molar-refractivity contribution in [3.05, 3.63) is 89.5 Å². The molecule has 0 saturated carbocycles. The standard InChI is InChI=1S/C37H45F2N3O4/c38-37(39,31-17-22-33(23-18-31)44-26-11-7-9-25-40)46-34-20-13-29(14-21-34)15-24-36(43)45-27-10-6-4-2-1-3-5-8-12-30-16-19-32(41)28-35(30)42/h13-24,28H,1-12,26-27,41-42H2/b24-15+. The Hall–Kier alpha value is -4.58. The van der Waals surface area contributed by atoms with Crippen molar-refractivity contribution in [3.8, 4) is 17.6 Å². The van der Waals surface area contributed by atoms with Gasteiger partial charge in [0, 0.05) is 23.9 Å². The maximum absolute atomic E-state index is 14.7. The highest BCUT2D eigenvalue weighted by molar-refractivity contribution is 5.87. The van der Waals surface area contributed by atoms with Crippen LogP contribution in [0.3, 0.4) is 0 Å². The van der Waals surface area contributed by atoms with Crippen molar-refractivity contribution in [1.29, 1.82) is 5.26 Å². The number of nitrogens with zero attached hydrogens (tertiary/aromatic N) is 1. The van der Waals surface area contributed by atoms with Crippen molar-refractivity contribution in [2.45, 2.75) is 83.2 Å². The third-order valence-electron chi connectivity index (χ3n) is 7.43. The number of alkyl halides is 2. The third kappa shape index (κ3) is 13.6. The molecule has 0 unspecified atom stereocenters. The largest absolute Gasteiger partial charge is 0.494 e. The van der Waals surface area contributed by atoms with Gasteiger partial charge in [0.25, 0.3) is 0 Å². The molecule has 0 aliphatic carbocycles. The van der Waals surface area contributed by atoms with Gasteiger partial charge in [0.15, 0.2) is 0 Å². The van der Waals surface area contributed by atoms with Crippen LogP contribution in [0.15, 0.2) is 72.8 Å². The highest BCUT2D eigenvalue weighted by Gasteiger charge is 2.34. The number of rotatable bonds is 21. The van der Waals surface area contributed by atoms with Gasteiger partial charge in [0.2, 0.25) is 0 Å². The predicted molar refractivity (Wildman–Crippen MR) is 178 cm³/mol. The van der Waals surface area contributed by atoms with Crippen LogP contribution in [0.2, 0.25) is 0 Å². The van der Waals surface area contributed by atoms with Gasteiger partial charge < -0.3 is 25.7 Å². The fourth-order valence-electron chi connectivity index (χ4n) is 4.80. The highest BCUT2D eigenvalue weighted by atomic mass is 19.3. The minimum absolute atomic E-state index is 0.00843. The fraction of sp³-hybridized carbons (Fsp3) is 0.405. The van der Waals surface area contributed by atoms with Crippen LogP contribution in [-0.4, -0.2) is 19.2 Å². The number of ether oxygens (including phenoxy) is 3. The quantitative estimate of drug-likeness (QED) is 0.0520. The van der Waals surface area contributed by atoms with Gasteiger partial charge in [-0.2, -0.15) is 14.0 Å². The molecule has 0 spiro atoms. The van der Waals surface area contributed by atoms with Crippen LogP contribution in [0.5, 0.6) is 11.5 Å². The first-order valence-electron chi connectivity index (χ1n) is 16.0. The molecule has 0 amide bonds. The smallest absolute Gasteiger partial charge is 0.426 e. The molecule has 46 heavy (non-hydrogen) atoms. The normalized spacial score (nSPS) is 11.3. The second-order valence-electron chi connectivity index (χ2n) is 11.2. The molecule has 9 heteroatoms. The van der Waals surface area contributed by atoms with Crippen LogP contribution in [0.1, 0.15) is 87.3 Å². The number of carbonyl (C=O) groups excluding carboxylic acids is 1. The van der Waals surface area contributed by atoms with Crippen molar-refractivity contribution in [2.24, 2.45) is 0 Å². The average Bonchev–Trinajstić information content (AvgIpc) is 3.04. The van der Waals surface area contributed by atoms with Gasteiger partial charge in [-0.25, -0.2) is 4.79 Å². The number of aryl methyl sites for hydroxylation is 1. The molecule has 0 saturated heterocycles. The molecule has 246 valence electrons. The molecule has 0 aromatic heterocycles. The Labute approximate surface area is 271 Å². The molecule has 0 atom stereocenters. The topological polar surface area (TPSA) is 121 Å². The number of halogens is 2. The van der Waals surface area contributed by atoms with Crippen molar-refractivity contribution >= 4 is 23.4 Å². The summed E-state index contributed by atoms with van der Waals surface area (Å²) in [5.74, 6) is 0.0241. The van der Waals surface area contributed by atoms with Crippen LogP contribution >= 0.6 is 0 Å². The number of hydrogen-bond donors (Lipinski definition) is 2. The van der Waals surface area contributed by atoms with Gasteiger partial charge in [0.1, 0.15) is 11.5 Å². The van der Waals surface area contributed by atoms with Crippen LogP contribution in [0, 0.1) is 11.3 Å². The lowest BCUT2D eigenvalue weighted by molar-refractivity contribution is -0.185. The molecule has 7 nitrogen and oxygen atoms in total. The summed E-state index contributed by atoms with van der Waals surface area (Å²) in [7, 11) is 0. The minimum Gasteiger partial charge on any atom is -0.494 e. The van der Waals surface area contributed by atoms with Gasteiger partial charge in [-0.15, -0.1) is 0 Å². The molecule has 0 bridgehead atoms. The number of hydrogen-bond acceptors (Lipinski definition) is 7. The number of nitrogens with two attached hydrogens (primary N) is 2. The molecule has 0 radical (unpaired) electrons. The van der Waals surface area contributed by atoms with Crippen LogP contribution in [-0.2, 0) is 22.1 Å². The van der Waals surface area contributed by atoms with Gasteiger partial charge in [-0.1, -0.05) is 56.7 Å². The maximum Gasteiger partial charge on any atom is 0.426 e. The molecule has 3 rings (SSSR count). The first kappa shape index (κ1) is 35.9. The van der Waals surface area contributed by atoms with Crippen LogP contribution < -0.4 is 20.9 Å². The van der Waals surface area contributed by atoms with E-state index in [4.69, 9.17) is 30.9 Å². The number of nitriles is 1. The van der Waals surface area contributed by atoms with Crippen molar-refractivity contribution in [1.82, 2.24) is 0 Å². The maximum atomic E-state index is 14.7. The van der Waals surface area contributed by atoms with E-state index < -0.39 is 12.1 Å². The van der Waals surface area contributed by atoms with E-state index in [1.807, 2.05) is 18.2 Å². The first-order chi connectivity index (χ1) is 22.3. The van der Waals surface area contributed by atoms with E-state index in [0.29, 0.717) is 43.1 Å². The van der Waals surface area contributed by atoms with Crippen LogP contribution in [0.4, 0.5) is 20.2 Å². The Balaban J connectivity index is 1.25. The lowest BCUT2D eigenvalue weighted by atomic mass is 10.0. The molecular formula is C37H45F2N3O4. The van der Waals surface area contributed by atoms with E-state index in [-0.39, 0.29) is 11.3 Å². The van der Waals surface area contributed by atoms with Gasteiger partial charge in [0.05, 0.1) is 24.8 Å². The van der Waals surface area contributed by atoms with Gasteiger partial charge in [-0.05, 0) is 97.8 Å². The highest BCUT2D eigenvalue weighted by Crippen LogP contribution is 2.32. The Morgan fingerprint density at radius 2 is 1.41 bits per heavy atom. The van der Waals surface area contributed by atoms with E-state index >= 15 is 0 Å². The van der Waals surface area contributed by atoms with Crippen molar-refractivity contribution in [2.75, 3.05) is 24.7 Å². The number of esters is 1. The molecule has 0 fully saturated rings. The summed E-state index contributed by atoms with van der Waals surface area (Å²) in [5, 5.41) is 8.55. The lowest BCUT2D eigenvalue weighted by Crippen LogP contribution is -2.21. The third-order valence-corrected chi connectivity index (χ3v) is 7.43. The Morgan fingerprint density at radius 1 is 0.783 bits per heavy atom. The number of unbranched alkanes of at least 4 members (excludes halogenated alkanes) is 9. The average molecular weight is 634 g/mol. The van der Waals surface area contributed by atoms with Gasteiger partial charge >= 0.3 is 12.1 Å². The zero-order chi connectivity index (χ0) is 33.0. The SMILES string of the molecule is N#CCCCCOc1ccc(C(F)(F)Oc2ccc(/C=C/C(=O)OCCCCCCCCCCc3ccc(N)cc3N)cc2)cc1. The van der Waals surface area contributed by atoms with E-state index in [1.54, 1.807) is 18.2 Å². The van der Waals surface area contributed by atoms with E-state index in [0.717, 1.165) is 56.2 Å². The molecule has 0 aliphatic rings. The van der Waals surface area contributed by atoms with E-state index in [1.165, 1.54) is 61.7 Å². The summed E-state index contributed by atoms with van der Waals surface area (Å²) >= 11 is 0. The molecular weight excluding hydrogens is 588 g/mol. The zero-order valence-corrected chi connectivity index (χ0v) is 26.4. The van der Waals surface area contributed by atoms with E-state index in [9.17, 15) is 13.6 Å². The van der Waals surface area contributed by atoms with Crippen molar-refractivity contribution < 1.29 is 27.8 Å². The second-order valence-corrected chi connectivity index (χ2v) is 11.2. The molecule has 3 aromatic carbocycles. The molecule has 4 N–H and O–H groups in total.